The van der Waals surface area contributed by atoms with Crippen molar-refractivity contribution in [2.75, 3.05) is 5.32 Å². The number of hydrogen-bond acceptors (Lipinski definition) is 3. The highest BCUT2D eigenvalue weighted by Gasteiger charge is 2.28. The van der Waals surface area contributed by atoms with Crippen LogP contribution in [0.4, 0.5) is 5.69 Å². The smallest absolute Gasteiger partial charge is 0.248 e. The SMILES string of the molecule is Cc1ccc(/C=C/C(=O)Nc2cccc(S(=O)(=O)NC3CC3)c2)c(C)c1. The fourth-order valence-electron chi connectivity index (χ4n) is 2.59. The Morgan fingerprint density at radius 3 is 2.58 bits per heavy atom. The third kappa shape index (κ3) is 4.80. The summed E-state index contributed by atoms with van der Waals surface area (Å²) in [6.07, 6.45) is 4.94. The second-order valence-corrected chi connectivity index (χ2v) is 8.32. The zero-order chi connectivity index (χ0) is 18.7. The van der Waals surface area contributed by atoms with Crippen LogP contribution in [0.1, 0.15) is 29.5 Å². The first-order valence-corrected chi connectivity index (χ1v) is 10.0. The molecule has 1 aliphatic rings. The minimum atomic E-state index is -3.54. The highest BCUT2D eigenvalue weighted by molar-refractivity contribution is 7.89. The summed E-state index contributed by atoms with van der Waals surface area (Å²) in [7, 11) is -3.54. The van der Waals surface area contributed by atoms with E-state index in [0.29, 0.717) is 5.69 Å². The van der Waals surface area contributed by atoms with Gasteiger partial charge >= 0.3 is 0 Å². The monoisotopic (exact) mass is 370 g/mol. The highest BCUT2D eigenvalue weighted by atomic mass is 32.2. The van der Waals surface area contributed by atoms with E-state index in [1.165, 1.54) is 23.8 Å². The maximum Gasteiger partial charge on any atom is 0.248 e. The third-order valence-corrected chi connectivity index (χ3v) is 5.67. The topological polar surface area (TPSA) is 75.3 Å². The quantitative estimate of drug-likeness (QED) is 0.765. The molecule has 0 bridgehead atoms. The average molecular weight is 370 g/mol. The molecule has 6 heteroatoms. The van der Waals surface area contributed by atoms with E-state index < -0.39 is 10.0 Å². The molecule has 0 atom stereocenters. The second kappa shape index (κ2) is 7.43. The van der Waals surface area contributed by atoms with E-state index in [0.717, 1.165) is 24.0 Å². The molecule has 0 unspecified atom stereocenters. The molecular formula is C20H22N2O3S. The Morgan fingerprint density at radius 2 is 1.88 bits per heavy atom. The number of carbonyl (C=O) groups excluding carboxylic acids is 1. The molecule has 5 nitrogen and oxygen atoms in total. The number of aryl methyl sites for hydroxylation is 2. The number of benzene rings is 2. The molecule has 1 aliphatic carbocycles. The van der Waals surface area contributed by atoms with Crippen LogP contribution in [0.25, 0.3) is 6.08 Å². The van der Waals surface area contributed by atoms with E-state index in [4.69, 9.17) is 0 Å². The normalized spacial score (nSPS) is 14.5. The zero-order valence-corrected chi connectivity index (χ0v) is 15.6. The lowest BCUT2D eigenvalue weighted by Gasteiger charge is -2.08. The molecule has 1 fully saturated rings. The van der Waals surface area contributed by atoms with Gasteiger partial charge in [-0.15, -0.1) is 0 Å². The maximum atomic E-state index is 12.3. The Labute approximate surface area is 154 Å². The van der Waals surface area contributed by atoms with Gasteiger partial charge in [-0.2, -0.15) is 0 Å². The van der Waals surface area contributed by atoms with Gasteiger partial charge in [0.2, 0.25) is 15.9 Å². The molecule has 0 aliphatic heterocycles. The van der Waals surface area contributed by atoms with Crippen molar-refractivity contribution in [2.45, 2.75) is 37.6 Å². The molecule has 2 N–H and O–H groups in total. The van der Waals surface area contributed by atoms with Crippen LogP contribution in [-0.2, 0) is 14.8 Å². The van der Waals surface area contributed by atoms with Crippen molar-refractivity contribution in [1.82, 2.24) is 4.72 Å². The summed E-state index contributed by atoms with van der Waals surface area (Å²) in [6, 6.07) is 12.3. The summed E-state index contributed by atoms with van der Waals surface area (Å²) >= 11 is 0. The molecular weight excluding hydrogens is 348 g/mol. The number of sulfonamides is 1. The lowest BCUT2D eigenvalue weighted by Crippen LogP contribution is -2.25. The summed E-state index contributed by atoms with van der Waals surface area (Å²) in [5.74, 6) is -0.310. The van der Waals surface area contributed by atoms with E-state index in [1.807, 2.05) is 26.0 Å². The molecule has 0 radical (unpaired) electrons. The van der Waals surface area contributed by atoms with Crippen molar-refractivity contribution in [3.63, 3.8) is 0 Å². The minimum absolute atomic E-state index is 0.0407. The summed E-state index contributed by atoms with van der Waals surface area (Å²) in [4.78, 5) is 12.3. The first kappa shape index (κ1) is 18.4. The Balaban J connectivity index is 1.69. The highest BCUT2D eigenvalue weighted by Crippen LogP contribution is 2.23. The lowest BCUT2D eigenvalue weighted by atomic mass is 10.1. The summed E-state index contributed by atoms with van der Waals surface area (Å²) < 4.78 is 27.1. The van der Waals surface area contributed by atoms with Gasteiger partial charge in [0.1, 0.15) is 0 Å². The fourth-order valence-corrected chi connectivity index (χ4v) is 3.94. The van der Waals surface area contributed by atoms with E-state index >= 15 is 0 Å². The van der Waals surface area contributed by atoms with Crippen LogP contribution >= 0.6 is 0 Å². The van der Waals surface area contributed by atoms with Crippen LogP contribution in [0, 0.1) is 13.8 Å². The van der Waals surface area contributed by atoms with Crippen LogP contribution in [0.2, 0.25) is 0 Å². The summed E-state index contributed by atoms with van der Waals surface area (Å²) in [5, 5.41) is 2.71. The Hall–Kier alpha value is -2.44. The van der Waals surface area contributed by atoms with Gasteiger partial charge in [-0.25, -0.2) is 13.1 Å². The van der Waals surface area contributed by atoms with Crippen molar-refractivity contribution in [3.05, 3.63) is 65.2 Å². The van der Waals surface area contributed by atoms with Crippen LogP contribution in [0.5, 0.6) is 0 Å². The number of hydrogen-bond donors (Lipinski definition) is 2. The largest absolute Gasteiger partial charge is 0.322 e. The molecule has 0 spiro atoms. The van der Waals surface area contributed by atoms with Crippen molar-refractivity contribution >= 4 is 27.7 Å². The van der Waals surface area contributed by atoms with Gasteiger partial charge in [-0.05, 0) is 62.1 Å². The van der Waals surface area contributed by atoms with E-state index in [2.05, 4.69) is 16.1 Å². The van der Waals surface area contributed by atoms with E-state index in [-0.39, 0.29) is 16.8 Å². The number of amides is 1. The zero-order valence-electron chi connectivity index (χ0n) is 14.8. The van der Waals surface area contributed by atoms with Crippen molar-refractivity contribution in [3.8, 4) is 0 Å². The average Bonchev–Trinajstić information content (AvgIpc) is 3.37. The predicted molar refractivity (Wildman–Crippen MR) is 103 cm³/mol. The van der Waals surface area contributed by atoms with Gasteiger partial charge in [-0.1, -0.05) is 29.8 Å². The molecule has 1 saturated carbocycles. The second-order valence-electron chi connectivity index (χ2n) is 6.61. The van der Waals surface area contributed by atoms with Crippen molar-refractivity contribution in [1.29, 1.82) is 0 Å². The number of anilines is 1. The Kier molecular flexibility index (Phi) is 5.25. The standard InChI is InChI=1S/C20H22N2O3S/c1-14-6-7-16(15(2)12-14)8-11-20(23)21-18-4-3-5-19(13-18)26(24,25)22-17-9-10-17/h3-8,11-13,17,22H,9-10H2,1-2H3,(H,21,23)/b11-8+. The van der Waals surface area contributed by atoms with Gasteiger partial charge < -0.3 is 5.32 Å². The maximum absolute atomic E-state index is 12.3. The Morgan fingerprint density at radius 1 is 1.12 bits per heavy atom. The molecule has 3 rings (SSSR count). The van der Waals surface area contributed by atoms with Gasteiger partial charge in [-0.3, -0.25) is 4.79 Å². The van der Waals surface area contributed by atoms with E-state index in [9.17, 15) is 13.2 Å². The van der Waals surface area contributed by atoms with Gasteiger partial charge in [0.05, 0.1) is 4.90 Å². The van der Waals surface area contributed by atoms with Crippen LogP contribution < -0.4 is 10.0 Å². The third-order valence-electron chi connectivity index (χ3n) is 4.15. The molecule has 0 saturated heterocycles. The first-order chi connectivity index (χ1) is 12.3. The molecule has 0 aromatic heterocycles. The Bertz CT molecular complexity index is 961. The minimum Gasteiger partial charge on any atom is -0.322 e. The summed E-state index contributed by atoms with van der Waals surface area (Å²) in [5.41, 5.74) is 3.67. The van der Waals surface area contributed by atoms with Gasteiger partial charge in [0.25, 0.3) is 0 Å². The van der Waals surface area contributed by atoms with E-state index in [1.54, 1.807) is 18.2 Å². The molecule has 2 aromatic carbocycles. The molecule has 2 aromatic rings. The van der Waals surface area contributed by atoms with Gasteiger partial charge in [0, 0.05) is 17.8 Å². The fraction of sp³-hybridized carbons (Fsp3) is 0.250. The molecule has 26 heavy (non-hydrogen) atoms. The molecule has 1 amide bonds. The molecule has 0 heterocycles. The number of rotatable bonds is 6. The van der Waals surface area contributed by atoms with Crippen LogP contribution in [0.3, 0.4) is 0 Å². The van der Waals surface area contributed by atoms with Crippen molar-refractivity contribution in [2.24, 2.45) is 0 Å². The van der Waals surface area contributed by atoms with Crippen molar-refractivity contribution < 1.29 is 13.2 Å². The lowest BCUT2D eigenvalue weighted by molar-refractivity contribution is -0.111. The number of nitrogens with one attached hydrogen (secondary N) is 2. The summed E-state index contributed by atoms with van der Waals surface area (Å²) in [6.45, 7) is 4.01. The predicted octanol–water partition coefficient (Wildman–Crippen LogP) is 3.40. The first-order valence-electron chi connectivity index (χ1n) is 8.52. The van der Waals surface area contributed by atoms with Crippen LogP contribution in [-0.4, -0.2) is 20.4 Å². The van der Waals surface area contributed by atoms with Crippen LogP contribution in [0.15, 0.2) is 53.4 Å². The number of carbonyl (C=O) groups is 1. The van der Waals surface area contributed by atoms with Gasteiger partial charge in [0.15, 0.2) is 0 Å². The molecule has 136 valence electrons.